The van der Waals surface area contributed by atoms with Crippen LogP contribution in [0.25, 0.3) is 0 Å². The lowest BCUT2D eigenvalue weighted by atomic mass is 9.95. The summed E-state index contributed by atoms with van der Waals surface area (Å²) in [5, 5.41) is 39.0. The lowest BCUT2D eigenvalue weighted by Crippen LogP contribution is -2.51. The molecule has 8 heteroatoms. The first-order chi connectivity index (χ1) is 14.4. The largest absolute Gasteiger partial charge is 0.482 e. The van der Waals surface area contributed by atoms with Gasteiger partial charge < -0.3 is 29.9 Å². The van der Waals surface area contributed by atoms with Crippen LogP contribution in [0.5, 0.6) is 5.75 Å². The second-order valence-electron chi connectivity index (χ2n) is 7.18. The fourth-order valence-corrected chi connectivity index (χ4v) is 4.81. The molecule has 0 aliphatic carbocycles. The van der Waals surface area contributed by atoms with Crippen molar-refractivity contribution < 1.29 is 34.7 Å². The van der Waals surface area contributed by atoms with E-state index in [0.29, 0.717) is 12.2 Å². The van der Waals surface area contributed by atoms with E-state index in [0.717, 1.165) is 16.7 Å². The molecule has 0 bridgehead atoms. The highest BCUT2D eigenvalue weighted by atomic mass is 32.2. The Morgan fingerprint density at radius 1 is 1.00 bits per heavy atom. The van der Waals surface area contributed by atoms with E-state index in [1.807, 2.05) is 36.4 Å². The summed E-state index contributed by atoms with van der Waals surface area (Å²) in [5.41, 5.74) is 2.88. The minimum atomic E-state index is -1.31. The number of aliphatic hydroxyl groups excluding tert-OH is 4. The van der Waals surface area contributed by atoms with Crippen LogP contribution in [0.1, 0.15) is 21.9 Å². The molecule has 0 unspecified atom stereocenters. The van der Waals surface area contributed by atoms with Gasteiger partial charge >= 0.3 is 5.97 Å². The minimum absolute atomic E-state index is 0.144. The molecule has 0 radical (unpaired) electrons. The predicted molar refractivity (Wildman–Crippen MR) is 112 cm³/mol. The van der Waals surface area contributed by atoms with Crippen molar-refractivity contribution in [2.75, 3.05) is 20.3 Å². The number of hydrogen-bond acceptors (Lipinski definition) is 8. The summed E-state index contributed by atoms with van der Waals surface area (Å²) >= 11 is 1.27. The third-order valence-corrected chi connectivity index (χ3v) is 6.71. The monoisotopic (exact) mass is 434 g/mol. The van der Waals surface area contributed by atoms with Crippen LogP contribution in [-0.2, 0) is 16.0 Å². The van der Waals surface area contributed by atoms with Crippen molar-refractivity contribution in [3.05, 3.63) is 65.2 Å². The number of methoxy groups -OCH3 is 1. The fraction of sp³-hybridized carbons (Fsp3) is 0.409. The average molecular weight is 435 g/mol. The van der Waals surface area contributed by atoms with E-state index < -0.39 is 34.8 Å². The molecular formula is C22H26O7S. The normalized spacial score (nSPS) is 26.2. The molecule has 1 heterocycles. The Kier molecular flexibility index (Phi) is 7.74. The fourth-order valence-electron chi connectivity index (χ4n) is 3.40. The molecule has 162 valence electrons. The van der Waals surface area contributed by atoms with Crippen LogP contribution in [0.15, 0.2) is 48.5 Å². The number of ether oxygens (including phenoxy) is 2. The molecule has 0 spiro atoms. The molecule has 30 heavy (non-hydrogen) atoms. The Morgan fingerprint density at radius 2 is 1.73 bits per heavy atom. The Morgan fingerprint density at radius 3 is 2.40 bits per heavy atom. The van der Waals surface area contributed by atoms with Crippen LogP contribution in [-0.4, -0.2) is 70.3 Å². The van der Waals surface area contributed by atoms with Crippen LogP contribution in [0, 0.1) is 0 Å². The van der Waals surface area contributed by atoms with Gasteiger partial charge in [-0.2, -0.15) is 0 Å². The number of hydrogen-bond donors (Lipinski definition) is 4. The summed E-state index contributed by atoms with van der Waals surface area (Å²) in [6, 6.07) is 15.1. The summed E-state index contributed by atoms with van der Waals surface area (Å²) in [6.45, 7) is -0.426. The zero-order chi connectivity index (χ0) is 21.7. The predicted octanol–water partition coefficient (Wildman–Crippen LogP) is 1.06. The lowest BCUT2D eigenvalue weighted by Gasteiger charge is -2.39. The van der Waals surface area contributed by atoms with Crippen molar-refractivity contribution in [3.63, 3.8) is 0 Å². The second-order valence-corrected chi connectivity index (χ2v) is 8.57. The number of carbonyl (C=O) groups is 1. The van der Waals surface area contributed by atoms with E-state index >= 15 is 0 Å². The van der Waals surface area contributed by atoms with Crippen molar-refractivity contribution in [2.24, 2.45) is 0 Å². The summed E-state index contributed by atoms with van der Waals surface area (Å²) < 4.78 is 9.89. The maximum absolute atomic E-state index is 11.1. The van der Waals surface area contributed by atoms with Gasteiger partial charge in [0.15, 0.2) is 6.61 Å². The lowest BCUT2D eigenvalue weighted by molar-refractivity contribution is -0.142. The van der Waals surface area contributed by atoms with Crippen LogP contribution in [0.3, 0.4) is 0 Å². The molecule has 0 aromatic heterocycles. The topological polar surface area (TPSA) is 116 Å². The molecule has 1 fully saturated rings. The molecule has 1 aliphatic heterocycles. The van der Waals surface area contributed by atoms with Gasteiger partial charge in [0.2, 0.25) is 0 Å². The van der Waals surface area contributed by atoms with Gasteiger partial charge in [-0.1, -0.05) is 36.4 Å². The minimum Gasteiger partial charge on any atom is -0.482 e. The molecule has 0 saturated carbocycles. The first kappa shape index (κ1) is 22.6. The number of thioether (sulfide) groups is 1. The highest BCUT2D eigenvalue weighted by Gasteiger charge is 2.43. The molecule has 7 nitrogen and oxygen atoms in total. The Balaban J connectivity index is 1.69. The molecule has 4 N–H and O–H groups in total. The molecule has 1 saturated heterocycles. The molecule has 0 amide bonds. The van der Waals surface area contributed by atoms with Gasteiger partial charge in [-0.3, -0.25) is 0 Å². The van der Waals surface area contributed by atoms with E-state index in [9.17, 15) is 25.2 Å². The Hall–Kier alpha value is -2.10. The average Bonchev–Trinajstić information content (AvgIpc) is 2.77. The molecule has 3 rings (SSSR count). The maximum Gasteiger partial charge on any atom is 0.343 e. The van der Waals surface area contributed by atoms with Crippen molar-refractivity contribution in [1.82, 2.24) is 0 Å². The third kappa shape index (κ3) is 5.33. The third-order valence-electron chi connectivity index (χ3n) is 5.09. The van der Waals surface area contributed by atoms with Crippen molar-refractivity contribution in [2.45, 2.75) is 35.2 Å². The van der Waals surface area contributed by atoms with E-state index in [2.05, 4.69) is 4.74 Å². The van der Waals surface area contributed by atoms with E-state index in [-0.39, 0.29) is 13.2 Å². The van der Waals surface area contributed by atoms with Crippen molar-refractivity contribution >= 4 is 17.7 Å². The van der Waals surface area contributed by atoms with Gasteiger partial charge in [-0.15, -0.1) is 11.8 Å². The molecule has 1 aliphatic rings. The molecular weight excluding hydrogens is 408 g/mol. The Labute approximate surface area is 179 Å². The van der Waals surface area contributed by atoms with Crippen molar-refractivity contribution in [1.29, 1.82) is 0 Å². The number of aliphatic hydroxyl groups is 4. The van der Waals surface area contributed by atoms with Crippen molar-refractivity contribution in [3.8, 4) is 5.75 Å². The number of benzene rings is 2. The zero-order valence-electron chi connectivity index (χ0n) is 16.5. The van der Waals surface area contributed by atoms with Gasteiger partial charge in [-0.05, 0) is 35.2 Å². The molecule has 2 aromatic rings. The van der Waals surface area contributed by atoms with Crippen LogP contribution in [0.4, 0.5) is 0 Å². The zero-order valence-corrected chi connectivity index (χ0v) is 17.4. The summed E-state index contributed by atoms with van der Waals surface area (Å²) in [7, 11) is 1.31. The summed E-state index contributed by atoms with van der Waals surface area (Å²) in [5.74, 6) is 0.127. The molecule has 2 aromatic carbocycles. The summed E-state index contributed by atoms with van der Waals surface area (Å²) in [4.78, 5) is 11.1. The first-order valence-corrected chi connectivity index (χ1v) is 10.5. The molecule has 5 atom stereocenters. The number of rotatable bonds is 7. The number of esters is 1. The van der Waals surface area contributed by atoms with Crippen LogP contribution in [0.2, 0.25) is 0 Å². The SMILES string of the molecule is COC(=O)COc1ccc(Cc2cccc([C@@H]3S[C@H](CO)[C@@H](O)[C@H](O)[C@H]3O)c2)cc1. The number of carbonyl (C=O) groups excluding carboxylic acids is 1. The van der Waals surface area contributed by atoms with Gasteiger partial charge in [0.05, 0.1) is 36.4 Å². The van der Waals surface area contributed by atoms with Crippen LogP contribution >= 0.6 is 11.8 Å². The van der Waals surface area contributed by atoms with Gasteiger partial charge in [0.1, 0.15) is 11.9 Å². The van der Waals surface area contributed by atoms with Crippen LogP contribution < -0.4 is 4.74 Å². The van der Waals surface area contributed by atoms with E-state index in [1.54, 1.807) is 12.1 Å². The highest BCUT2D eigenvalue weighted by molar-refractivity contribution is 8.00. The van der Waals surface area contributed by atoms with Gasteiger partial charge in [0, 0.05) is 0 Å². The first-order valence-electron chi connectivity index (χ1n) is 9.61. The smallest absolute Gasteiger partial charge is 0.343 e. The van der Waals surface area contributed by atoms with Gasteiger partial charge in [-0.25, -0.2) is 4.79 Å². The standard InChI is InChI=1S/C22H26O7S/c1-28-18(24)12-29-16-7-5-13(6-8-16)9-14-3-2-4-15(10-14)22-21(27)20(26)19(25)17(11-23)30-22/h2-8,10,17,19-23,25-27H,9,11-12H2,1H3/t17-,19-,20+,21-,22+/m1/s1. The Bertz CT molecular complexity index is 840. The maximum atomic E-state index is 11.1. The van der Waals surface area contributed by atoms with Gasteiger partial charge in [0.25, 0.3) is 0 Å². The summed E-state index contributed by atoms with van der Waals surface area (Å²) in [6.07, 6.45) is -2.97. The quantitative estimate of drug-likeness (QED) is 0.478. The second kappa shape index (κ2) is 10.3. The highest BCUT2D eigenvalue weighted by Crippen LogP contribution is 2.43. The van der Waals surface area contributed by atoms with E-state index in [1.165, 1.54) is 18.9 Å². The van der Waals surface area contributed by atoms with E-state index in [4.69, 9.17) is 4.74 Å².